The average molecular weight is 388 g/mol. The first kappa shape index (κ1) is 20.8. The van der Waals surface area contributed by atoms with Crippen LogP contribution < -0.4 is 4.74 Å². The van der Waals surface area contributed by atoms with Gasteiger partial charge in [0.05, 0.1) is 12.7 Å². The Balaban J connectivity index is 1.95. The summed E-state index contributed by atoms with van der Waals surface area (Å²) in [5.41, 5.74) is -0.385. The van der Waals surface area contributed by atoms with Crippen LogP contribution in [0.5, 0.6) is 5.75 Å². The first-order valence-electron chi connectivity index (χ1n) is 8.22. The summed E-state index contributed by atoms with van der Waals surface area (Å²) in [6, 6.07) is 4.82. The van der Waals surface area contributed by atoms with Crippen molar-refractivity contribution in [1.29, 1.82) is 0 Å². The van der Waals surface area contributed by atoms with Crippen LogP contribution in [0.15, 0.2) is 36.9 Å². The van der Waals surface area contributed by atoms with Gasteiger partial charge >= 0.3 is 18.3 Å². The summed E-state index contributed by atoms with van der Waals surface area (Å²) in [5, 5.41) is 10.2. The monoisotopic (exact) mass is 388 g/mol. The normalized spacial score (nSPS) is 22.6. The summed E-state index contributed by atoms with van der Waals surface area (Å²) in [7, 11) is 0. The minimum atomic E-state index is -4.95. The zero-order chi connectivity index (χ0) is 20.0. The number of carbonyl (C=O) groups is 2. The Morgan fingerprint density at radius 1 is 1.26 bits per heavy atom. The second-order valence-corrected chi connectivity index (χ2v) is 6.07. The molecule has 0 saturated heterocycles. The molecular weight excluding hydrogens is 369 g/mol. The van der Waals surface area contributed by atoms with Crippen molar-refractivity contribution in [2.45, 2.75) is 37.8 Å². The van der Waals surface area contributed by atoms with Gasteiger partial charge in [-0.25, -0.2) is 9.59 Å². The quantitative estimate of drug-likeness (QED) is 0.596. The molecule has 0 aliphatic heterocycles. The summed E-state index contributed by atoms with van der Waals surface area (Å²) in [5.74, 6) is -2.37. The fraction of sp³-hybridized carbons (Fsp3) is 0.444. The molecule has 1 aromatic rings. The Morgan fingerprint density at radius 2 is 1.96 bits per heavy atom. The number of rotatable bonds is 6. The lowest BCUT2D eigenvalue weighted by Gasteiger charge is -2.32. The highest BCUT2D eigenvalue weighted by atomic mass is 19.4. The van der Waals surface area contributed by atoms with E-state index < -0.39 is 36.3 Å². The van der Waals surface area contributed by atoms with Gasteiger partial charge in [0.2, 0.25) is 0 Å². The SMILES string of the molecule is C=CC(=O)OCC1CCC(OC(=O)c2ccccc2OC(F)(F)F)C(O)C1. The molecule has 0 amide bonds. The molecule has 9 heteroatoms. The predicted octanol–water partition coefficient (Wildman–Crippen LogP) is 3.00. The van der Waals surface area contributed by atoms with E-state index in [1.807, 2.05) is 0 Å². The summed E-state index contributed by atoms with van der Waals surface area (Å²) in [6.07, 6.45) is -4.79. The maximum absolute atomic E-state index is 12.4. The molecule has 0 heterocycles. The first-order valence-corrected chi connectivity index (χ1v) is 8.22. The lowest BCUT2D eigenvalue weighted by atomic mass is 9.86. The molecule has 0 bridgehead atoms. The molecule has 3 atom stereocenters. The van der Waals surface area contributed by atoms with Gasteiger partial charge in [-0.1, -0.05) is 18.7 Å². The summed E-state index contributed by atoms with van der Waals surface area (Å²) in [4.78, 5) is 23.3. The van der Waals surface area contributed by atoms with Crippen LogP contribution in [0.3, 0.4) is 0 Å². The molecule has 2 rings (SSSR count). The van der Waals surface area contributed by atoms with Gasteiger partial charge in [-0.2, -0.15) is 0 Å². The third-order valence-corrected chi connectivity index (χ3v) is 4.08. The number of ether oxygens (including phenoxy) is 3. The van der Waals surface area contributed by atoms with E-state index in [1.165, 1.54) is 12.1 Å². The van der Waals surface area contributed by atoms with Gasteiger partial charge in [0.1, 0.15) is 17.4 Å². The molecule has 1 aliphatic rings. The van der Waals surface area contributed by atoms with Gasteiger partial charge in [0, 0.05) is 6.08 Å². The Bertz CT molecular complexity index is 688. The number of benzene rings is 1. The van der Waals surface area contributed by atoms with Crippen LogP contribution in [0.2, 0.25) is 0 Å². The van der Waals surface area contributed by atoms with Crippen LogP contribution in [0, 0.1) is 5.92 Å². The van der Waals surface area contributed by atoms with E-state index in [4.69, 9.17) is 9.47 Å². The molecular formula is C18H19F3O6. The lowest BCUT2D eigenvalue weighted by Crippen LogP contribution is -2.38. The van der Waals surface area contributed by atoms with E-state index in [1.54, 1.807) is 0 Å². The summed E-state index contributed by atoms with van der Waals surface area (Å²) < 4.78 is 51.3. The Kier molecular flexibility index (Phi) is 6.84. The van der Waals surface area contributed by atoms with Crippen molar-refractivity contribution in [3.05, 3.63) is 42.5 Å². The highest BCUT2D eigenvalue weighted by Crippen LogP contribution is 2.30. The number of alkyl halides is 3. The third-order valence-electron chi connectivity index (χ3n) is 4.08. The topological polar surface area (TPSA) is 82.1 Å². The first-order chi connectivity index (χ1) is 12.7. The standard InChI is InChI=1S/C18H19F3O6/c1-2-16(23)25-10-11-7-8-15(13(22)9-11)26-17(24)12-5-3-4-6-14(12)27-18(19,20)21/h2-6,11,13,15,22H,1,7-10H2. The van der Waals surface area contributed by atoms with Gasteiger partial charge in [-0.3, -0.25) is 0 Å². The Morgan fingerprint density at radius 3 is 2.59 bits per heavy atom. The number of hydrogen-bond donors (Lipinski definition) is 1. The van der Waals surface area contributed by atoms with Crippen LogP contribution >= 0.6 is 0 Å². The Hall–Kier alpha value is -2.55. The van der Waals surface area contributed by atoms with Crippen molar-refractivity contribution in [2.75, 3.05) is 6.61 Å². The number of hydrogen-bond acceptors (Lipinski definition) is 6. The fourth-order valence-corrected chi connectivity index (χ4v) is 2.80. The van der Waals surface area contributed by atoms with E-state index in [9.17, 15) is 27.9 Å². The number of halogens is 3. The lowest BCUT2D eigenvalue weighted by molar-refractivity contribution is -0.274. The van der Waals surface area contributed by atoms with Crippen LogP contribution in [0.4, 0.5) is 13.2 Å². The van der Waals surface area contributed by atoms with Crippen molar-refractivity contribution in [1.82, 2.24) is 0 Å². The molecule has 0 radical (unpaired) electrons. The van der Waals surface area contributed by atoms with Crippen molar-refractivity contribution in [3.63, 3.8) is 0 Å². The molecule has 3 unspecified atom stereocenters. The van der Waals surface area contributed by atoms with E-state index >= 15 is 0 Å². The van der Waals surface area contributed by atoms with E-state index in [-0.39, 0.29) is 30.9 Å². The largest absolute Gasteiger partial charge is 0.573 e. The summed E-state index contributed by atoms with van der Waals surface area (Å²) >= 11 is 0. The molecule has 1 N–H and O–H groups in total. The van der Waals surface area contributed by atoms with Gasteiger partial charge in [-0.15, -0.1) is 13.2 Å². The van der Waals surface area contributed by atoms with Crippen molar-refractivity contribution < 1.29 is 42.1 Å². The number of aliphatic hydroxyl groups is 1. The maximum Gasteiger partial charge on any atom is 0.573 e. The molecule has 1 aromatic carbocycles. The number of para-hydroxylation sites is 1. The zero-order valence-corrected chi connectivity index (χ0v) is 14.3. The molecule has 27 heavy (non-hydrogen) atoms. The summed E-state index contributed by atoms with van der Waals surface area (Å²) in [6.45, 7) is 3.38. The highest BCUT2D eigenvalue weighted by Gasteiger charge is 2.35. The zero-order valence-electron chi connectivity index (χ0n) is 14.3. The van der Waals surface area contributed by atoms with E-state index in [0.29, 0.717) is 6.42 Å². The second-order valence-electron chi connectivity index (χ2n) is 6.07. The third kappa shape index (κ3) is 6.28. The molecule has 1 saturated carbocycles. The fourth-order valence-electron chi connectivity index (χ4n) is 2.80. The Labute approximate surface area is 153 Å². The number of carbonyl (C=O) groups excluding carboxylic acids is 2. The molecule has 148 valence electrons. The van der Waals surface area contributed by atoms with Gasteiger partial charge in [0.15, 0.2) is 0 Å². The van der Waals surface area contributed by atoms with Crippen LogP contribution in [-0.4, -0.2) is 42.2 Å². The van der Waals surface area contributed by atoms with Gasteiger partial charge in [-0.05, 0) is 37.3 Å². The molecule has 1 fully saturated rings. The highest BCUT2D eigenvalue weighted by molar-refractivity contribution is 5.92. The van der Waals surface area contributed by atoms with E-state index in [0.717, 1.165) is 18.2 Å². The van der Waals surface area contributed by atoms with Crippen LogP contribution in [-0.2, 0) is 14.3 Å². The van der Waals surface area contributed by atoms with Crippen molar-refractivity contribution in [3.8, 4) is 5.75 Å². The van der Waals surface area contributed by atoms with Gasteiger partial charge in [0.25, 0.3) is 0 Å². The minimum Gasteiger partial charge on any atom is -0.462 e. The van der Waals surface area contributed by atoms with Crippen molar-refractivity contribution in [2.24, 2.45) is 5.92 Å². The molecule has 1 aliphatic carbocycles. The predicted molar refractivity (Wildman–Crippen MR) is 86.8 cm³/mol. The van der Waals surface area contributed by atoms with Gasteiger partial charge < -0.3 is 19.3 Å². The van der Waals surface area contributed by atoms with E-state index in [2.05, 4.69) is 11.3 Å². The number of aliphatic hydroxyl groups excluding tert-OH is 1. The van der Waals surface area contributed by atoms with Crippen LogP contribution in [0.1, 0.15) is 29.6 Å². The molecule has 6 nitrogen and oxygen atoms in total. The second kappa shape index (κ2) is 8.90. The molecule has 0 aromatic heterocycles. The maximum atomic E-state index is 12.4. The smallest absolute Gasteiger partial charge is 0.462 e. The van der Waals surface area contributed by atoms with Crippen molar-refractivity contribution >= 4 is 11.9 Å². The average Bonchev–Trinajstić information content (AvgIpc) is 2.60. The molecule has 0 spiro atoms. The number of esters is 2. The van der Waals surface area contributed by atoms with Crippen LogP contribution in [0.25, 0.3) is 0 Å². The minimum absolute atomic E-state index is 0.102.